The third-order valence-electron chi connectivity index (χ3n) is 4.29. The SMILES string of the molecule is CCCn1c(SCc2cc(=O)n3[nH]cc(C#N)c3n2)nc2ccccc2c1=O. The lowest BCUT2D eigenvalue weighted by Crippen LogP contribution is -2.23. The van der Waals surface area contributed by atoms with Gasteiger partial charge in [-0.15, -0.1) is 0 Å². The average Bonchev–Trinajstić information content (AvgIpc) is 3.12. The van der Waals surface area contributed by atoms with Crippen molar-refractivity contribution in [3.8, 4) is 6.07 Å². The van der Waals surface area contributed by atoms with Gasteiger partial charge in [-0.05, 0) is 18.6 Å². The molecule has 0 unspecified atom stereocenters. The highest BCUT2D eigenvalue weighted by Gasteiger charge is 2.13. The summed E-state index contributed by atoms with van der Waals surface area (Å²) in [6.45, 7) is 2.56. The number of hydrogen-bond acceptors (Lipinski definition) is 6. The summed E-state index contributed by atoms with van der Waals surface area (Å²) in [6, 6.07) is 10.7. The van der Waals surface area contributed by atoms with Crippen LogP contribution in [0.4, 0.5) is 0 Å². The van der Waals surface area contributed by atoms with Gasteiger partial charge in [0, 0.05) is 24.6 Å². The van der Waals surface area contributed by atoms with Crippen molar-refractivity contribution < 1.29 is 0 Å². The molecule has 0 aliphatic heterocycles. The van der Waals surface area contributed by atoms with Crippen molar-refractivity contribution in [1.29, 1.82) is 5.26 Å². The number of benzene rings is 1. The first-order valence-corrected chi connectivity index (χ1v) is 9.73. The van der Waals surface area contributed by atoms with Crippen LogP contribution in [0.3, 0.4) is 0 Å². The molecule has 0 bridgehead atoms. The molecular weight excluding hydrogens is 376 g/mol. The fraction of sp³-hybridized carbons (Fsp3) is 0.211. The summed E-state index contributed by atoms with van der Waals surface area (Å²) in [5, 5.41) is 13.1. The molecule has 0 radical (unpaired) electrons. The third-order valence-corrected chi connectivity index (χ3v) is 5.30. The quantitative estimate of drug-likeness (QED) is 0.412. The fourth-order valence-corrected chi connectivity index (χ4v) is 3.92. The van der Waals surface area contributed by atoms with Crippen molar-refractivity contribution in [2.24, 2.45) is 0 Å². The number of nitriles is 1. The molecule has 3 aromatic heterocycles. The number of hydrogen-bond donors (Lipinski definition) is 1. The molecule has 0 spiro atoms. The van der Waals surface area contributed by atoms with Crippen LogP contribution in [0.5, 0.6) is 0 Å². The van der Waals surface area contributed by atoms with Gasteiger partial charge in [0.15, 0.2) is 10.8 Å². The molecular formula is C19H16N6O2S. The molecule has 3 heterocycles. The molecule has 0 saturated carbocycles. The Labute approximate surface area is 163 Å². The van der Waals surface area contributed by atoms with Gasteiger partial charge in [0.05, 0.1) is 16.6 Å². The molecule has 1 aromatic carbocycles. The zero-order valence-corrected chi connectivity index (χ0v) is 15.9. The lowest BCUT2D eigenvalue weighted by Gasteiger charge is -2.12. The number of aromatic amines is 1. The Bertz CT molecular complexity index is 1340. The first-order valence-electron chi connectivity index (χ1n) is 8.75. The fourth-order valence-electron chi connectivity index (χ4n) is 3.00. The Morgan fingerprint density at radius 3 is 2.86 bits per heavy atom. The predicted octanol–water partition coefficient (Wildman–Crippen LogP) is 2.31. The molecule has 9 heteroatoms. The Morgan fingerprint density at radius 1 is 1.25 bits per heavy atom. The van der Waals surface area contributed by atoms with E-state index in [1.807, 2.05) is 31.2 Å². The van der Waals surface area contributed by atoms with E-state index in [9.17, 15) is 9.59 Å². The van der Waals surface area contributed by atoms with E-state index in [4.69, 9.17) is 5.26 Å². The van der Waals surface area contributed by atoms with Gasteiger partial charge < -0.3 is 0 Å². The van der Waals surface area contributed by atoms with Gasteiger partial charge in [0.2, 0.25) is 0 Å². The Balaban J connectivity index is 1.74. The van der Waals surface area contributed by atoms with E-state index in [0.29, 0.717) is 45.3 Å². The number of thioether (sulfide) groups is 1. The van der Waals surface area contributed by atoms with Crippen molar-refractivity contribution in [2.75, 3.05) is 0 Å². The maximum absolute atomic E-state index is 12.8. The summed E-state index contributed by atoms with van der Waals surface area (Å²) >= 11 is 1.35. The molecule has 0 aliphatic carbocycles. The normalized spacial score (nSPS) is 11.1. The number of para-hydroxylation sites is 1. The lowest BCUT2D eigenvalue weighted by atomic mass is 10.2. The molecule has 140 valence electrons. The van der Waals surface area contributed by atoms with E-state index in [0.717, 1.165) is 6.42 Å². The van der Waals surface area contributed by atoms with E-state index in [-0.39, 0.29) is 11.1 Å². The highest BCUT2D eigenvalue weighted by atomic mass is 32.2. The molecule has 0 amide bonds. The Morgan fingerprint density at radius 2 is 2.07 bits per heavy atom. The van der Waals surface area contributed by atoms with Gasteiger partial charge in [0.1, 0.15) is 11.6 Å². The van der Waals surface area contributed by atoms with Gasteiger partial charge in [-0.2, -0.15) is 5.26 Å². The average molecular weight is 392 g/mol. The minimum absolute atomic E-state index is 0.0733. The van der Waals surface area contributed by atoms with Crippen LogP contribution in [0, 0.1) is 11.3 Å². The van der Waals surface area contributed by atoms with Crippen LogP contribution < -0.4 is 11.1 Å². The smallest absolute Gasteiger partial charge is 0.272 e. The number of H-pyrrole nitrogens is 1. The number of fused-ring (bicyclic) bond motifs is 2. The van der Waals surface area contributed by atoms with Gasteiger partial charge in [-0.25, -0.2) is 14.5 Å². The summed E-state index contributed by atoms with van der Waals surface area (Å²) in [5.74, 6) is 0.357. The first-order chi connectivity index (χ1) is 13.6. The molecule has 1 N–H and O–H groups in total. The van der Waals surface area contributed by atoms with E-state index in [2.05, 4.69) is 15.1 Å². The first kappa shape index (κ1) is 18.0. The second kappa shape index (κ2) is 7.32. The summed E-state index contributed by atoms with van der Waals surface area (Å²) in [6.07, 6.45) is 2.25. The van der Waals surface area contributed by atoms with Crippen LogP contribution >= 0.6 is 11.8 Å². The highest BCUT2D eigenvalue weighted by molar-refractivity contribution is 7.98. The van der Waals surface area contributed by atoms with Crippen molar-refractivity contribution in [3.63, 3.8) is 0 Å². The zero-order valence-electron chi connectivity index (χ0n) is 15.0. The monoisotopic (exact) mass is 392 g/mol. The largest absolute Gasteiger partial charge is 0.295 e. The molecule has 8 nitrogen and oxygen atoms in total. The van der Waals surface area contributed by atoms with Gasteiger partial charge in [-0.1, -0.05) is 30.8 Å². The maximum atomic E-state index is 12.8. The van der Waals surface area contributed by atoms with E-state index in [1.54, 1.807) is 10.6 Å². The summed E-state index contributed by atoms with van der Waals surface area (Å²) in [4.78, 5) is 34.1. The minimum Gasteiger partial charge on any atom is -0.295 e. The molecule has 0 saturated heterocycles. The highest BCUT2D eigenvalue weighted by Crippen LogP contribution is 2.21. The van der Waals surface area contributed by atoms with Crippen molar-refractivity contribution in [2.45, 2.75) is 30.8 Å². The van der Waals surface area contributed by atoms with Crippen molar-refractivity contribution in [3.05, 3.63) is 68.5 Å². The number of nitrogens with zero attached hydrogens (tertiary/aromatic N) is 5. The Kier molecular flexibility index (Phi) is 4.71. The molecule has 0 fully saturated rings. The minimum atomic E-state index is -0.292. The molecule has 28 heavy (non-hydrogen) atoms. The van der Waals surface area contributed by atoms with E-state index in [1.165, 1.54) is 28.5 Å². The number of rotatable bonds is 5. The number of aromatic nitrogens is 5. The topological polar surface area (TPSA) is 109 Å². The van der Waals surface area contributed by atoms with Gasteiger partial charge >= 0.3 is 0 Å². The standard InChI is InChI=1S/C19H16N6O2S/c1-2-7-24-18(27)14-5-3-4-6-15(14)23-19(24)28-11-13-8-16(26)25-17(22-13)12(9-20)10-21-25/h3-6,8,10,21H,2,7,11H2,1H3. The van der Waals surface area contributed by atoms with Crippen LogP contribution in [0.15, 0.2) is 51.3 Å². The zero-order chi connectivity index (χ0) is 19.7. The van der Waals surface area contributed by atoms with Crippen molar-refractivity contribution >= 4 is 28.3 Å². The second-order valence-electron chi connectivity index (χ2n) is 6.20. The molecule has 0 atom stereocenters. The second-order valence-corrected chi connectivity index (χ2v) is 7.14. The summed E-state index contributed by atoms with van der Waals surface area (Å²) < 4.78 is 2.89. The molecule has 4 aromatic rings. The predicted molar refractivity (Wildman–Crippen MR) is 106 cm³/mol. The summed E-state index contributed by atoms with van der Waals surface area (Å²) in [5.41, 5.74) is 1.40. The van der Waals surface area contributed by atoms with Gasteiger partial charge in [0.25, 0.3) is 11.1 Å². The third kappa shape index (κ3) is 3.08. The van der Waals surface area contributed by atoms with Crippen LogP contribution in [0.1, 0.15) is 24.6 Å². The van der Waals surface area contributed by atoms with Crippen LogP contribution in [0.2, 0.25) is 0 Å². The van der Waals surface area contributed by atoms with Crippen LogP contribution in [-0.4, -0.2) is 24.1 Å². The van der Waals surface area contributed by atoms with E-state index < -0.39 is 0 Å². The molecule has 4 rings (SSSR count). The van der Waals surface area contributed by atoms with Gasteiger partial charge in [-0.3, -0.25) is 19.3 Å². The number of nitrogens with one attached hydrogen (secondary N) is 1. The maximum Gasteiger partial charge on any atom is 0.272 e. The summed E-state index contributed by atoms with van der Waals surface area (Å²) in [7, 11) is 0. The lowest BCUT2D eigenvalue weighted by molar-refractivity contribution is 0.584. The Hall–Kier alpha value is -3.38. The molecule has 0 aliphatic rings. The van der Waals surface area contributed by atoms with Crippen molar-refractivity contribution in [1.82, 2.24) is 24.1 Å². The van der Waals surface area contributed by atoms with Crippen LogP contribution in [0.25, 0.3) is 16.6 Å². The van der Waals surface area contributed by atoms with E-state index >= 15 is 0 Å². The van der Waals surface area contributed by atoms with Crippen LogP contribution in [-0.2, 0) is 12.3 Å².